The summed E-state index contributed by atoms with van der Waals surface area (Å²) in [5, 5.41) is 4.29. The molecule has 1 heterocycles. The molecule has 0 radical (unpaired) electrons. The van der Waals surface area contributed by atoms with Crippen LogP contribution in [0.4, 0.5) is 0 Å². The smallest absolute Gasteiger partial charge is 0.0541 e. The molecule has 0 spiro atoms. The molecule has 106 valence electrons. The van der Waals surface area contributed by atoms with Crippen LogP contribution in [0.1, 0.15) is 19.3 Å². The molecule has 4 heteroatoms. The quantitative estimate of drug-likeness (QED) is 0.807. The van der Waals surface area contributed by atoms with Gasteiger partial charge in [0.05, 0.1) is 5.02 Å². The molecule has 1 unspecified atom stereocenters. The first-order valence-corrected chi connectivity index (χ1v) is 8.28. The third-order valence-corrected chi connectivity index (χ3v) is 5.32. The zero-order chi connectivity index (χ0) is 13.5. The highest BCUT2D eigenvalue weighted by atomic mass is 35.5. The van der Waals surface area contributed by atoms with Gasteiger partial charge >= 0.3 is 0 Å². The van der Waals surface area contributed by atoms with Crippen LogP contribution in [0, 0.1) is 5.92 Å². The largest absolute Gasteiger partial charge is 0.381 e. The van der Waals surface area contributed by atoms with Gasteiger partial charge in [-0.2, -0.15) is 0 Å². The number of thioether (sulfide) groups is 1. The van der Waals surface area contributed by atoms with E-state index in [2.05, 4.69) is 18.4 Å². The molecule has 1 saturated heterocycles. The van der Waals surface area contributed by atoms with Gasteiger partial charge in [-0.05, 0) is 44.4 Å². The highest BCUT2D eigenvalue weighted by Crippen LogP contribution is 2.29. The van der Waals surface area contributed by atoms with E-state index in [0.717, 1.165) is 29.9 Å². The summed E-state index contributed by atoms with van der Waals surface area (Å²) in [5.74, 6) is 1.87. The van der Waals surface area contributed by atoms with E-state index in [1.165, 1.54) is 24.2 Å². The van der Waals surface area contributed by atoms with Crippen molar-refractivity contribution >= 4 is 23.4 Å². The summed E-state index contributed by atoms with van der Waals surface area (Å²) >= 11 is 8.03. The van der Waals surface area contributed by atoms with E-state index in [9.17, 15) is 0 Å². The van der Waals surface area contributed by atoms with Crippen LogP contribution >= 0.6 is 23.4 Å². The molecule has 1 aromatic carbocycles. The van der Waals surface area contributed by atoms with Gasteiger partial charge in [-0.15, -0.1) is 11.8 Å². The van der Waals surface area contributed by atoms with Gasteiger partial charge in [-0.3, -0.25) is 0 Å². The first kappa shape index (κ1) is 15.2. The first-order chi connectivity index (χ1) is 9.29. The van der Waals surface area contributed by atoms with Crippen LogP contribution in [0.2, 0.25) is 5.02 Å². The number of hydrogen-bond acceptors (Lipinski definition) is 3. The molecular formula is C15H22ClNOS. The SMILES string of the molecule is CNC(CSc1ccccc1Cl)CC1CCOCC1. The van der Waals surface area contributed by atoms with Crippen LogP contribution in [0.15, 0.2) is 29.2 Å². The molecule has 1 aromatic rings. The predicted octanol–water partition coefficient (Wildman–Crippen LogP) is 3.84. The summed E-state index contributed by atoms with van der Waals surface area (Å²) in [4.78, 5) is 1.18. The molecule has 0 aromatic heterocycles. The van der Waals surface area contributed by atoms with Crippen molar-refractivity contribution < 1.29 is 4.74 Å². The molecule has 0 aliphatic carbocycles. The van der Waals surface area contributed by atoms with E-state index in [4.69, 9.17) is 16.3 Å². The van der Waals surface area contributed by atoms with Gasteiger partial charge in [-0.25, -0.2) is 0 Å². The number of rotatable bonds is 6. The lowest BCUT2D eigenvalue weighted by molar-refractivity contribution is 0.0616. The molecule has 1 aliphatic heterocycles. The van der Waals surface area contributed by atoms with Crippen molar-refractivity contribution in [3.05, 3.63) is 29.3 Å². The molecule has 0 saturated carbocycles. The number of nitrogens with one attached hydrogen (secondary N) is 1. The molecule has 2 rings (SSSR count). The number of hydrogen-bond donors (Lipinski definition) is 1. The Morgan fingerprint density at radius 1 is 1.37 bits per heavy atom. The average molecular weight is 300 g/mol. The Labute approximate surface area is 125 Å². The van der Waals surface area contributed by atoms with Crippen molar-refractivity contribution in [2.45, 2.75) is 30.2 Å². The molecular weight excluding hydrogens is 278 g/mol. The minimum absolute atomic E-state index is 0.546. The Hall–Kier alpha value is -0.220. The van der Waals surface area contributed by atoms with Gasteiger partial charge < -0.3 is 10.1 Å². The maximum Gasteiger partial charge on any atom is 0.0541 e. The summed E-state index contributed by atoms with van der Waals surface area (Å²) in [7, 11) is 2.05. The van der Waals surface area contributed by atoms with Crippen molar-refractivity contribution in [1.82, 2.24) is 5.32 Å². The van der Waals surface area contributed by atoms with Crippen LogP contribution in [0.5, 0.6) is 0 Å². The summed E-state index contributed by atoms with van der Waals surface area (Å²) in [6.45, 7) is 1.86. The second kappa shape index (κ2) is 8.15. The second-order valence-electron chi connectivity index (χ2n) is 5.02. The normalized spacial score (nSPS) is 18.4. The summed E-state index contributed by atoms with van der Waals surface area (Å²) in [5.41, 5.74) is 0. The predicted molar refractivity (Wildman–Crippen MR) is 83.2 cm³/mol. The molecule has 2 nitrogen and oxygen atoms in total. The summed E-state index contributed by atoms with van der Waals surface area (Å²) in [6, 6.07) is 8.61. The fourth-order valence-electron chi connectivity index (χ4n) is 2.41. The Kier molecular flexibility index (Phi) is 6.51. The van der Waals surface area contributed by atoms with Gasteiger partial charge in [-0.1, -0.05) is 23.7 Å². The lowest BCUT2D eigenvalue weighted by atomic mass is 9.93. The van der Waals surface area contributed by atoms with Crippen LogP contribution in [0.25, 0.3) is 0 Å². The maximum absolute atomic E-state index is 6.18. The second-order valence-corrected chi connectivity index (χ2v) is 6.49. The average Bonchev–Trinajstić information content (AvgIpc) is 2.46. The van der Waals surface area contributed by atoms with Crippen LogP contribution in [-0.4, -0.2) is 32.1 Å². The molecule has 1 N–H and O–H groups in total. The van der Waals surface area contributed by atoms with E-state index < -0.39 is 0 Å². The molecule has 1 fully saturated rings. The van der Waals surface area contributed by atoms with Gasteiger partial charge in [0.15, 0.2) is 0 Å². The van der Waals surface area contributed by atoms with Crippen molar-refractivity contribution in [1.29, 1.82) is 0 Å². The molecule has 0 bridgehead atoms. The van der Waals surface area contributed by atoms with Crippen LogP contribution < -0.4 is 5.32 Å². The standard InChI is InChI=1S/C15H22ClNOS/c1-17-13(10-12-6-8-18-9-7-12)11-19-15-5-3-2-4-14(15)16/h2-5,12-13,17H,6-11H2,1H3. The third kappa shape index (κ3) is 4.99. The fraction of sp³-hybridized carbons (Fsp3) is 0.600. The summed E-state index contributed by atoms with van der Waals surface area (Å²) in [6.07, 6.45) is 3.64. The zero-order valence-electron chi connectivity index (χ0n) is 11.4. The van der Waals surface area contributed by atoms with E-state index in [0.29, 0.717) is 6.04 Å². The lowest BCUT2D eigenvalue weighted by Gasteiger charge is -2.26. The van der Waals surface area contributed by atoms with E-state index in [1.54, 1.807) is 0 Å². The minimum Gasteiger partial charge on any atom is -0.381 e. The minimum atomic E-state index is 0.546. The van der Waals surface area contributed by atoms with Crippen molar-refractivity contribution in [2.75, 3.05) is 26.0 Å². The Morgan fingerprint density at radius 2 is 2.11 bits per heavy atom. The number of halogens is 1. The van der Waals surface area contributed by atoms with E-state index in [-0.39, 0.29) is 0 Å². The van der Waals surface area contributed by atoms with E-state index in [1.807, 2.05) is 30.0 Å². The highest BCUT2D eigenvalue weighted by Gasteiger charge is 2.18. The monoisotopic (exact) mass is 299 g/mol. The highest BCUT2D eigenvalue weighted by molar-refractivity contribution is 7.99. The van der Waals surface area contributed by atoms with Crippen molar-refractivity contribution in [3.8, 4) is 0 Å². The topological polar surface area (TPSA) is 21.3 Å². The van der Waals surface area contributed by atoms with Gasteiger partial charge in [0.2, 0.25) is 0 Å². The first-order valence-electron chi connectivity index (χ1n) is 6.92. The van der Waals surface area contributed by atoms with Crippen molar-refractivity contribution in [3.63, 3.8) is 0 Å². The van der Waals surface area contributed by atoms with Crippen molar-refractivity contribution in [2.24, 2.45) is 5.92 Å². The Morgan fingerprint density at radius 3 is 2.79 bits per heavy atom. The van der Waals surface area contributed by atoms with Gasteiger partial charge in [0, 0.05) is 29.9 Å². The molecule has 0 amide bonds. The lowest BCUT2D eigenvalue weighted by Crippen LogP contribution is -2.32. The van der Waals surface area contributed by atoms with Crippen LogP contribution in [0.3, 0.4) is 0 Å². The maximum atomic E-state index is 6.18. The number of ether oxygens (including phenoxy) is 1. The van der Waals surface area contributed by atoms with Gasteiger partial charge in [0.25, 0.3) is 0 Å². The third-order valence-electron chi connectivity index (χ3n) is 3.64. The van der Waals surface area contributed by atoms with Crippen LogP contribution in [-0.2, 0) is 4.74 Å². The Bertz CT molecular complexity index is 382. The summed E-state index contributed by atoms with van der Waals surface area (Å²) < 4.78 is 5.42. The molecule has 19 heavy (non-hydrogen) atoms. The fourth-order valence-corrected chi connectivity index (χ4v) is 3.77. The van der Waals surface area contributed by atoms with E-state index >= 15 is 0 Å². The molecule has 1 aliphatic rings. The van der Waals surface area contributed by atoms with Gasteiger partial charge in [0.1, 0.15) is 0 Å². The number of benzene rings is 1. The Balaban J connectivity index is 1.80. The zero-order valence-corrected chi connectivity index (χ0v) is 13.0. The molecule has 1 atom stereocenters.